The molecular weight excluding hydrogens is 542 g/mol. The van der Waals surface area contributed by atoms with Crippen LogP contribution < -0.4 is 20.7 Å². The third-order valence-electron chi connectivity index (χ3n) is 6.96. The zero-order valence-electron chi connectivity index (χ0n) is 23.1. The van der Waals surface area contributed by atoms with E-state index in [1.165, 1.54) is 37.6 Å². The maximum Gasteiger partial charge on any atom is 0.160 e. The minimum absolute atomic E-state index is 0.00619. The van der Waals surface area contributed by atoms with Crippen LogP contribution in [0.5, 0.6) is 5.75 Å². The monoisotopic (exact) mass is 572 g/mol. The molecular formula is C31H30F2N6O3. The number of carbonyl (C=O) groups is 1. The molecule has 2 unspecified atom stereocenters. The number of rotatable bonds is 7. The number of aliphatic hydroxyl groups is 1. The van der Waals surface area contributed by atoms with Crippen molar-refractivity contribution in [2.24, 2.45) is 5.73 Å². The van der Waals surface area contributed by atoms with E-state index in [1.807, 2.05) is 25.2 Å². The Hall–Kier alpha value is -4.92. The number of nitrogens with zero attached hydrogens (tertiary/aromatic N) is 4. The molecule has 1 saturated heterocycles. The van der Waals surface area contributed by atoms with E-state index in [0.717, 1.165) is 28.9 Å². The van der Waals surface area contributed by atoms with E-state index < -0.39 is 11.6 Å². The number of hydrogen-bond acceptors (Lipinski definition) is 9. The van der Waals surface area contributed by atoms with Gasteiger partial charge >= 0.3 is 0 Å². The number of nitriles is 1. The van der Waals surface area contributed by atoms with E-state index >= 15 is 0 Å². The average Bonchev–Trinajstić information content (AvgIpc) is 3.41. The lowest BCUT2D eigenvalue weighted by Crippen LogP contribution is -2.33. The first-order valence-corrected chi connectivity index (χ1v) is 13.1. The number of hydrogen-bond donors (Lipinski definition) is 3. The molecule has 5 rings (SSSR count). The van der Waals surface area contributed by atoms with E-state index in [-0.39, 0.29) is 41.3 Å². The predicted octanol–water partition coefficient (Wildman–Crippen LogP) is 4.41. The Bertz CT molecular complexity index is 1610. The van der Waals surface area contributed by atoms with E-state index in [1.54, 1.807) is 18.5 Å². The highest BCUT2D eigenvalue weighted by atomic mass is 19.1. The SMILES string of the molecule is CNc1ccc(-c2cnccc2C#N)cc1N1CC(N)CC1CO.COc1cccc(F)c1-c1nccc(C=O)c1F. The highest BCUT2D eigenvalue weighted by Crippen LogP contribution is 2.36. The molecule has 3 heterocycles. The predicted molar refractivity (Wildman–Crippen MR) is 156 cm³/mol. The maximum atomic E-state index is 13.9. The minimum atomic E-state index is -0.865. The van der Waals surface area contributed by atoms with E-state index in [0.29, 0.717) is 18.4 Å². The summed E-state index contributed by atoms with van der Waals surface area (Å²) in [6.45, 7) is 0.763. The number of nitrogens with two attached hydrogens (primary N) is 1. The molecule has 216 valence electrons. The number of anilines is 2. The molecule has 0 radical (unpaired) electrons. The van der Waals surface area contributed by atoms with Crippen LogP contribution in [0.25, 0.3) is 22.4 Å². The minimum Gasteiger partial charge on any atom is -0.496 e. The van der Waals surface area contributed by atoms with Crippen molar-refractivity contribution in [1.29, 1.82) is 5.26 Å². The van der Waals surface area contributed by atoms with Gasteiger partial charge in [-0.15, -0.1) is 0 Å². The van der Waals surface area contributed by atoms with E-state index in [9.17, 15) is 23.9 Å². The topological polar surface area (TPSA) is 137 Å². The summed E-state index contributed by atoms with van der Waals surface area (Å²) < 4.78 is 32.7. The van der Waals surface area contributed by atoms with E-state index in [4.69, 9.17) is 10.5 Å². The summed E-state index contributed by atoms with van der Waals surface area (Å²) in [5.41, 5.74) is 9.83. The normalized spacial score (nSPS) is 15.8. The number of aromatic nitrogens is 2. The van der Waals surface area contributed by atoms with Gasteiger partial charge < -0.3 is 25.8 Å². The molecule has 2 aromatic carbocycles. The lowest BCUT2D eigenvalue weighted by Gasteiger charge is -2.28. The molecule has 4 aromatic rings. The van der Waals surface area contributed by atoms with Crippen LogP contribution in [0.1, 0.15) is 22.3 Å². The van der Waals surface area contributed by atoms with Crippen LogP contribution in [-0.2, 0) is 0 Å². The lowest BCUT2D eigenvalue weighted by atomic mass is 10.0. The largest absolute Gasteiger partial charge is 0.496 e. The van der Waals surface area contributed by atoms with Gasteiger partial charge in [0.15, 0.2) is 12.1 Å². The van der Waals surface area contributed by atoms with Gasteiger partial charge in [-0.2, -0.15) is 5.26 Å². The second-order valence-electron chi connectivity index (χ2n) is 9.50. The molecule has 11 heteroatoms. The molecule has 42 heavy (non-hydrogen) atoms. The molecule has 9 nitrogen and oxygen atoms in total. The third kappa shape index (κ3) is 6.20. The van der Waals surface area contributed by atoms with Gasteiger partial charge in [-0.25, -0.2) is 8.78 Å². The molecule has 1 aliphatic heterocycles. The van der Waals surface area contributed by atoms with Gasteiger partial charge in [0, 0.05) is 43.8 Å². The Morgan fingerprint density at radius 1 is 1.24 bits per heavy atom. The molecule has 0 spiro atoms. The number of carbonyl (C=O) groups excluding carboxylic acids is 1. The number of nitrogens with one attached hydrogen (secondary N) is 1. The quantitative estimate of drug-likeness (QED) is 0.275. The number of halogens is 2. The van der Waals surface area contributed by atoms with Crippen LogP contribution in [0.3, 0.4) is 0 Å². The first-order valence-electron chi connectivity index (χ1n) is 13.1. The summed E-state index contributed by atoms with van der Waals surface area (Å²) >= 11 is 0. The van der Waals surface area contributed by atoms with Gasteiger partial charge in [-0.3, -0.25) is 14.8 Å². The average molecular weight is 573 g/mol. The van der Waals surface area contributed by atoms with Gasteiger partial charge in [-0.05, 0) is 48.4 Å². The van der Waals surface area contributed by atoms with Gasteiger partial charge in [-0.1, -0.05) is 12.1 Å². The van der Waals surface area contributed by atoms with Crippen molar-refractivity contribution in [3.05, 3.63) is 89.9 Å². The number of methoxy groups -OCH3 is 1. The highest BCUT2D eigenvalue weighted by molar-refractivity contribution is 5.81. The van der Waals surface area contributed by atoms with Gasteiger partial charge in [0.05, 0.1) is 53.9 Å². The Kier molecular flexibility index (Phi) is 9.75. The first kappa shape index (κ1) is 30.0. The van der Waals surface area contributed by atoms with Gasteiger partial charge in [0.2, 0.25) is 0 Å². The molecule has 1 aliphatic rings. The van der Waals surface area contributed by atoms with Crippen LogP contribution in [0.15, 0.2) is 67.1 Å². The Morgan fingerprint density at radius 3 is 2.74 bits per heavy atom. The fourth-order valence-corrected chi connectivity index (χ4v) is 4.92. The van der Waals surface area contributed by atoms with Crippen molar-refractivity contribution in [1.82, 2.24) is 9.97 Å². The Balaban J connectivity index is 0.000000201. The maximum absolute atomic E-state index is 13.9. The Labute approximate surface area is 242 Å². The number of pyridine rings is 2. The molecule has 4 N–H and O–H groups in total. The number of aldehydes is 1. The zero-order chi connectivity index (χ0) is 30.2. The number of aliphatic hydroxyl groups excluding tert-OH is 1. The second-order valence-corrected chi connectivity index (χ2v) is 9.50. The molecule has 0 bridgehead atoms. The van der Waals surface area contributed by atoms with Crippen LogP contribution >= 0.6 is 0 Å². The fraction of sp³-hybridized carbons (Fsp3) is 0.226. The molecule has 2 aromatic heterocycles. The van der Waals surface area contributed by atoms with E-state index in [2.05, 4.69) is 26.3 Å². The molecule has 1 fully saturated rings. The van der Waals surface area contributed by atoms with Crippen molar-refractivity contribution in [2.45, 2.75) is 18.5 Å². The summed E-state index contributed by atoms with van der Waals surface area (Å²) in [5, 5.41) is 22.2. The fourth-order valence-electron chi connectivity index (χ4n) is 4.92. The van der Waals surface area contributed by atoms with Crippen molar-refractivity contribution in [3.8, 4) is 34.2 Å². The van der Waals surface area contributed by atoms with Crippen molar-refractivity contribution < 1.29 is 23.4 Å². The molecule has 0 amide bonds. The van der Waals surface area contributed by atoms with Crippen molar-refractivity contribution in [2.75, 3.05) is 37.5 Å². The summed E-state index contributed by atoms with van der Waals surface area (Å²) in [6.07, 6.45) is 5.68. The number of benzene rings is 2. The first-order chi connectivity index (χ1) is 20.4. The summed E-state index contributed by atoms with van der Waals surface area (Å²) in [4.78, 5) is 20.7. The van der Waals surface area contributed by atoms with Crippen molar-refractivity contribution >= 4 is 17.7 Å². The van der Waals surface area contributed by atoms with Gasteiger partial charge in [0.25, 0.3) is 0 Å². The number of ether oxygens (including phenoxy) is 1. The highest BCUT2D eigenvalue weighted by Gasteiger charge is 2.31. The molecule has 0 saturated carbocycles. The lowest BCUT2D eigenvalue weighted by molar-refractivity contribution is 0.111. The smallest absolute Gasteiger partial charge is 0.160 e. The van der Waals surface area contributed by atoms with Crippen LogP contribution in [0, 0.1) is 23.0 Å². The molecule has 0 aliphatic carbocycles. The standard InChI is InChI=1S/C18H21N5O.C13H9F2NO2/c1-21-17-3-2-12(16-9-22-5-4-13(16)8-19)6-18(17)23-10-14(20)7-15(23)11-24;1-18-10-4-2-3-9(14)11(10)13-12(15)8(7-17)5-6-16-13/h2-6,9,14-15,21,24H,7,10-11,20H2,1H3;2-7H,1H3. The summed E-state index contributed by atoms with van der Waals surface area (Å²) in [5.74, 6) is -1.37. The van der Waals surface area contributed by atoms with Crippen LogP contribution in [-0.4, -0.2) is 60.8 Å². The van der Waals surface area contributed by atoms with Crippen LogP contribution in [0.4, 0.5) is 20.2 Å². The van der Waals surface area contributed by atoms with Gasteiger partial charge in [0.1, 0.15) is 17.3 Å². The Morgan fingerprint density at radius 2 is 2.05 bits per heavy atom. The van der Waals surface area contributed by atoms with Crippen LogP contribution in [0.2, 0.25) is 0 Å². The zero-order valence-corrected chi connectivity index (χ0v) is 23.1. The van der Waals surface area contributed by atoms with Crippen molar-refractivity contribution in [3.63, 3.8) is 0 Å². The summed E-state index contributed by atoms with van der Waals surface area (Å²) in [7, 11) is 3.22. The second kappa shape index (κ2) is 13.6. The third-order valence-corrected chi connectivity index (χ3v) is 6.96. The molecule has 2 atom stereocenters. The summed E-state index contributed by atoms with van der Waals surface area (Å²) in [6, 6.07) is 15.3.